The quantitative estimate of drug-likeness (QED) is 0.864. The molecule has 1 atom stereocenters. The number of benzene rings is 1. The first-order chi connectivity index (χ1) is 11.8. The molecule has 24 heavy (non-hydrogen) atoms. The molecule has 2 aromatic rings. The molecule has 4 rings (SSSR count). The van der Waals surface area contributed by atoms with E-state index >= 15 is 0 Å². The van der Waals surface area contributed by atoms with E-state index in [-0.39, 0.29) is 0 Å². The number of hydrogen-bond donors (Lipinski definition) is 0. The van der Waals surface area contributed by atoms with Gasteiger partial charge in [0.2, 0.25) is 0 Å². The summed E-state index contributed by atoms with van der Waals surface area (Å²) in [5.74, 6) is 3.61. The average molecular weight is 324 g/mol. The molecule has 1 aromatic heterocycles. The van der Waals surface area contributed by atoms with E-state index < -0.39 is 0 Å². The summed E-state index contributed by atoms with van der Waals surface area (Å²) in [5.41, 5.74) is 1.38. The van der Waals surface area contributed by atoms with Crippen molar-refractivity contribution in [3.05, 3.63) is 42.2 Å². The maximum Gasteiger partial charge on any atom is 0.134 e. The van der Waals surface area contributed by atoms with Crippen LogP contribution in [0.4, 0.5) is 11.6 Å². The molecule has 0 N–H and O–H groups in total. The lowest BCUT2D eigenvalue weighted by molar-refractivity contribution is 0.414. The Morgan fingerprint density at radius 2 is 1.67 bits per heavy atom. The summed E-state index contributed by atoms with van der Waals surface area (Å²) in [7, 11) is 1.71. The first-order valence-corrected chi connectivity index (χ1v) is 8.79. The fourth-order valence-electron chi connectivity index (χ4n) is 3.75. The van der Waals surface area contributed by atoms with Crippen LogP contribution in [-0.4, -0.2) is 43.3 Å². The van der Waals surface area contributed by atoms with Crippen molar-refractivity contribution in [3.8, 4) is 5.75 Å². The molecule has 1 unspecified atom stereocenters. The van der Waals surface area contributed by atoms with Gasteiger partial charge in [-0.2, -0.15) is 0 Å². The van der Waals surface area contributed by atoms with Crippen LogP contribution in [0.1, 0.15) is 30.7 Å². The van der Waals surface area contributed by atoms with E-state index in [4.69, 9.17) is 4.74 Å². The molecule has 0 radical (unpaired) electrons. The molecule has 5 heteroatoms. The third-order valence-corrected chi connectivity index (χ3v) is 5.17. The van der Waals surface area contributed by atoms with Crippen molar-refractivity contribution in [2.75, 3.05) is 43.1 Å². The van der Waals surface area contributed by atoms with Gasteiger partial charge in [0.1, 0.15) is 23.7 Å². The normalized spacial score (nSPS) is 20.6. The molecular weight excluding hydrogens is 300 g/mol. The number of nitrogens with zero attached hydrogens (tertiary/aromatic N) is 4. The standard InChI is InChI=1S/C19H24N4O/c1-24-17-6-4-15(5-7-17)16-8-11-23(13-16)19-12-18(20-14-21-19)22-9-2-3-10-22/h4-7,12,14,16H,2-3,8-11,13H2,1H3. The third-order valence-electron chi connectivity index (χ3n) is 5.17. The maximum absolute atomic E-state index is 5.25. The fraction of sp³-hybridized carbons (Fsp3) is 0.474. The Hall–Kier alpha value is -2.30. The van der Waals surface area contributed by atoms with Crippen molar-refractivity contribution in [1.82, 2.24) is 9.97 Å². The molecule has 126 valence electrons. The number of anilines is 2. The third kappa shape index (κ3) is 3.03. The van der Waals surface area contributed by atoms with Gasteiger partial charge in [-0.05, 0) is 37.0 Å². The highest BCUT2D eigenvalue weighted by molar-refractivity contribution is 5.51. The van der Waals surface area contributed by atoms with Crippen LogP contribution >= 0.6 is 0 Å². The van der Waals surface area contributed by atoms with Crippen molar-refractivity contribution in [2.24, 2.45) is 0 Å². The van der Waals surface area contributed by atoms with Crippen molar-refractivity contribution in [3.63, 3.8) is 0 Å². The van der Waals surface area contributed by atoms with Gasteiger partial charge in [0, 0.05) is 38.2 Å². The molecule has 1 aromatic carbocycles. The summed E-state index contributed by atoms with van der Waals surface area (Å²) in [6.45, 7) is 4.30. The van der Waals surface area contributed by atoms with Gasteiger partial charge in [-0.3, -0.25) is 0 Å². The van der Waals surface area contributed by atoms with Gasteiger partial charge >= 0.3 is 0 Å². The molecule has 2 aliphatic rings. The van der Waals surface area contributed by atoms with Crippen LogP contribution in [0.2, 0.25) is 0 Å². The second-order valence-corrected chi connectivity index (χ2v) is 6.63. The van der Waals surface area contributed by atoms with Crippen molar-refractivity contribution >= 4 is 11.6 Å². The highest BCUT2D eigenvalue weighted by Crippen LogP contribution is 2.31. The van der Waals surface area contributed by atoms with Crippen LogP contribution in [0.3, 0.4) is 0 Å². The number of aromatic nitrogens is 2. The van der Waals surface area contributed by atoms with Gasteiger partial charge in [0.15, 0.2) is 0 Å². The molecular formula is C19H24N4O. The summed E-state index contributed by atoms with van der Waals surface area (Å²) in [5, 5.41) is 0. The lowest BCUT2D eigenvalue weighted by Gasteiger charge is -2.21. The molecule has 0 bridgehead atoms. The zero-order valence-electron chi connectivity index (χ0n) is 14.2. The van der Waals surface area contributed by atoms with Gasteiger partial charge in [0.05, 0.1) is 7.11 Å². The van der Waals surface area contributed by atoms with Crippen molar-refractivity contribution < 1.29 is 4.74 Å². The molecule has 3 heterocycles. The summed E-state index contributed by atoms with van der Waals surface area (Å²) < 4.78 is 5.25. The minimum Gasteiger partial charge on any atom is -0.497 e. The van der Waals surface area contributed by atoms with E-state index in [1.807, 2.05) is 12.1 Å². The van der Waals surface area contributed by atoms with Gasteiger partial charge < -0.3 is 14.5 Å². The van der Waals surface area contributed by atoms with Gasteiger partial charge in [-0.1, -0.05) is 12.1 Å². The largest absolute Gasteiger partial charge is 0.497 e. The average Bonchev–Trinajstić information content (AvgIpc) is 3.34. The second-order valence-electron chi connectivity index (χ2n) is 6.63. The van der Waals surface area contributed by atoms with E-state index in [9.17, 15) is 0 Å². The Morgan fingerprint density at radius 1 is 0.958 bits per heavy atom. The highest BCUT2D eigenvalue weighted by atomic mass is 16.5. The van der Waals surface area contributed by atoms with Crippen LogP contribution in [-0.2, 0) is 0 Å². The molecule has 2 fully saturated rings. The smallest absolute Gasteiger partial charge is 0.134 e. The Kier molecular flexibility index (Phi) is 4.24. The lowest BCUT2D eigenvalue weighted by Crippen LogP contribution is -2.23. The Bertz CT molecular complexity index is 682. The van der Waals surface area contributed by atoms with Crippen LogP contribution in [0.25, 0.3) is 0 Å². The Morgan fingerprint density at radius 3 is 2.38 bits per heavy atom. The SMILES string of the molecule is COc1ccc(C2CCN(c3cc(N4CCCC4)ncn3)C2)cc1. The van der Waals surface area contributed by atoms with Crippen LogP contribution in [0, 0.1) is 0 Å². The van der Waals surface area contributed by atoms with Gasteiger partial charge in [-0.15, -0.1) is 0 Å². The zero-order valence-corrected chi connectivity index (χ0v) is 14.2. The predicted octanol–water partition coefficient (Wildman–Crippen LogP) is 3.08. The minimum absolute atomic E-state index is 0.557. The molecule has 2 aliphatic heterocycles. The number of methoxy groups -OCH3 is 1. The van der Waals surface area contributed by atoms with E-state index in [1.54, 1.807) is 13.4 Å². The van der Waals surface area contributed by atoms with Gasteiger partial charge in [-0.25, -0.2) is 9.97 Å². The molecule has 0 aliphatic carbocycles. The first kappa shape index (κ1) is 15.2. The molecule has 0 spiro atoms. The number of rotatable bonds is 4. The summed E-state index contributed by atoms with van der Waals surface area (Å²) in [4.78, 5) is 13.7. The van der Waals surface area contributed by atoms with Crippen molar-refractivity contribution in [2.45, 2.75) is 25.2 Å². The Labute approximate surface area is 143 Å². The van der Waals surface area contributed by atoms with Crippen LogP contribution < -0.4 is 14.5 Å². The fourth-order valence-corrected chi connectivity index (χ4v) is 3.75. The minimum atomic E-state index is 0.557. The molecule has 5 nitrogen and oxygen atoms in total. The molecule has 0 amide bonds. The number of hydrogen-bond acceptors (Lipinski definition) is 5. The molecule has 2 saturated heterocycles. The van der Waals surface area contributed by atoms with E-state index in [0.29, 0.717) is 5.92 Å². The van der Waals surface area contributed by atoms with E-state index in [0.717, 1.165) is 50.0 Å². The van der Waals surface area contributed by atoms with Crippen LogP contribution in [0.15, 0.2) is 36.7 Å². The van der Waals surface area contributed by atoms with Gasteiger partial charge in [0.25, 0.3) is 0 Å². The number of ether oxygens (including phenoxy) is 1. The highest BCUT2D eigenvalue weighted by Gasteiger charge is 2.25. The van der Waals surface area contributed by atoms with Crippen LogP contribution in [0.5, 0.6) is 5.75 Å². The molecule has 0 saturated carbocycles. The van der Waals surface area contributed by atoms with Crippen molar-refractivity contribution in [1.29, 1.82) is 0 Å². The van der Waals surface area contributed by atoms with E-state index in [2.05, 4.69) is 38.0 Å². The second kappa shape index (κ2) is 6.67. The summed E-state index contributed by atoms with van der Waals surface area (Å²) in [6, 6.07) is 10.6. The van der Waals surface area contributed by atoms with E-state index in [1.165, 1.54) is 18.4 Å². The zero-order chi connectivity index (χ0) is 16.4. The maximum atomic E-state index is 5.25. The summed E-state index contributed by atoms with van der Waals surface area (Å²) >= 11 is 0. The summed E-state index contributed by atoms with van der Waals surface area (Å²) in [6.07, 6.45) is 5.41. The monoisotopic (exact) mass is 324 g/mol. The topological polar surface area (TPSA) is 41.5 Å². The lowest BCUT2D eigenvalue weighted by atomic mass is 9.98. The first-order valence-electron chi connectivity index (χ1n) is 8.79. The predicted molar refractivity (Wildman–Crippen MR) is 96.0 cm³/mol. The Balaban J connectivity index is 1.47.